The normalized spacial score (nSPS) is 20.3. The van der Waals surface area contributed by atoms with E-state index in [1.54, 1.807) is 18.3 Å². The van der Waals surface area contributed by atoms with Crippen molar-refractivity contribution in [1.82, 2.24) is 19.8 Å². The van der Waals surface area contributed by atoms with Gasteiger partial charge in [0.05, 0.1) is 18.7 Å². The molecule has 26 heavy (non-hydrogen) atoms. The number of likely N-dealkylation sites (tertiary alicyclic amines) is 1. The average molecular weight is 357 g/mol. The van der Waals surface area contributed by atoms with Crippen LogP contribution in [0.3, 0.4) is 0 Å². The maximum absolute atomic E-state index is 12.4. The number of amides is 1. The number of benzene rings is 1. The van der Waals surface area contributed by atoms with Crippen molar-refractivity contribution in [2.24, 2.45) is 5.92 Å². The molecule has 0 bridgehead atoms. The maximum atomic E-state index is 12.4. The first-order valence-electron chi connectivity index (χ1n) is 8.85. The van der Waals surface area contributed by atoms with Gasteiger partial charge in [0, 0.05) is 39.1 Å². The summed E-state index contributed by atoms with van der Waals surface area (Å²) < 4.78 is 5.61. The zero-order chi connectivity index (χ0) is 18.8. The number of nitrogens with one attached hydrogen (secondary N) is 1. The molecule has 0 unspecified atom stereocenters. The van der Waals surface area contributed by atoms with E-state index in [0.717, 1.165) is 47.4 Å². The van der Waals surface area contributed by atoms with Crippen LogP contribution >= 0.6 is 0 Å². The number of ether oxygens (including phenoxy) is 1. The highest BCUT2D eigenvalue weighted by Crippen LogP contribution is 2.33. The van der Waals surface area contributed by atoms with Gasteiger partial charge in [0.15, 0.2) is 0 Å². The molecule has 7 nitrogen and oxygen atoms in total. The van der Waals surface area contributed by atoms with Crippen molar-refractivity contribution in [3.63, 3.8) is 0 Å². The summed E-state index contributed by atoms with van der Waals surface area (Å²) in [4.78, 5) is 24.9. The van der Waals surface area contributed by atoms with E-state index in [4.69, 9.17) is 4.74 Å². The zero-order valence-electron chi connectivity index (χ0n) is 16.1. The summed E-state index contributed by atoms with van der Waals surface area (Å²) in [7, 11) is 9.19. The number of carbonyl (C=O) groups excluding carboxylic acids is 1. The molecule has 0 radical (unpaired) electrons. The summed E-state index contributed by atoms with van der Waals surface area (Å²) in [5.41, 5.74) is 1.98. The van der Waals surface area contributed by atoms with E-state index < -0.39 is 0 Å². The molecule has 0 saturated carbocycles. The first-order chi connectivity index (χ1) is 12.4. The van der Waals surface area contributed by atoms with Crippen molar-refractivity contribution in [3.05, 3.63) is 24.0 Å². The molecule has 0 spiro atoms. The standard InChI is InChI=1S/C19H27N5O2/c1-20-18-14-8-13(17(26-5)9-15(14)21-11-22-18)6-12-7-16(24(4)10-12)19(25)23(2)3/h8-9,11-12,16H,6-7,10H2,1-5H3,(H,20,21,22)/t12-,16+/m0/s1. The van der Waals surface area contributed by atoms with Crippen LogP contribution in [-0.2, 0) is 11.2 Å². The summed E-state index contributed by atoms with van der Waals surface area (Å²) in [6.45, 7) is 0.898. The topological polar surface area (TPSA) is 70.6 Å². The van der Waals surface area contributed by atoms with Crippen molar-refractivity contribution >= 4 is 22.6 Å². The molecule has 1 amide bonds. The Labute approximate surface area is 154 Å². The van der Waals surface area contributed by atoms with Crippen molar-refractivity contribution in [3.8, 4) is 5.75 Å². The molecule has 1 N–H and O–H groups in total. The van der Waals surface area contributed by atoms with Crippen LogP contribution in [0, 0.1) is 5.92 Å². The number of aromatic nitrogens is 2. The average Bonchev–Trinajstić information content (AvgIpc) is 2.99. The van der Waals surface area contributed by atoms with E-state index >= 15 is 0 Å². The van der Waals surface area contributed by atoms with E-state index in [1.807, 2.05) is 34.3 Å². The van der Waals surface area contributed by atoms with Crippen molar-refractivity contribution < 1.29 is 9.53 Å². The number of rotatable bonds is 5. The maximum Gasteiger partial charge on any atom is 0.239 e. The van der Waals surface area contributed by atoms with Crippen LogP contribution in [0.4, 0.5) is 5.82 Å². The second-order valence-corrected chi connectivity index (χ2v) is 7.15. The molecule has 7 heteroatoms. The van der Waals surface area contributed by atoms with Crippen molar-refractivity contribution in [2.75, 3.05) is 47.2 Å². The van der Waals surface area contributed by atoms with Gasteiger partial charge < -0.3 is 15.0 Å². The predicted octanol–water partition coefficient (Wildman–Crippen LogP) is 1.63. The van der Waals surface area contributed by atoms with Crippen LogP contribution in [0.2, 0.25) is 0 Å². The number of methoxy groups -OCH3 is 1. The lowest BCUT2D eigenvalue weighted by molar-refractivity contribution is -0.132. The highest BCUT2D eigenvalue weighted by molar-refractivity contribution is 5.90. The third-order valence-electron chi connectivity index (χ3n) is 5.14. The number of hydrogen-bond acceptors (Lipinski definition) is 6. The molecule has 2 atom stereocenters. The Morgan fingerprint density at radius 3 is 2.81 bits per heavy atom. The lowest BCUT2D eigenvalue weighted by Crippen LogP contribution is -2.40. The molecule has 1 fully saturated rings. The second-order valence-electron chi connectivity index (χ2n) is 7.15. The molecule has 1 saturated heterocycles. The van der Waals surface area contributed by atoms with Crippen molar-refractivity contribution in [1.29, 1.82) is 0 Å². The molecule has 2 aromatic rings. The number of fused-ring (bicyclic) bond motifs is 1. The number of anilines is 1. The molecule has 140 valence electrons. The highest BCUT2D eigenvalue weighted by Gasteiger charge is 2.35. The fourth-order valence-corrected chi connectivity index (χ4v) is 3.83. The molecule has 1 aromatic heterocycles. The Morgan fingerprint density at radius 2 is 2.15 bits per heavy atom. The molecular formula is C19H27N5O2. The summed E-state index contributed by atoms with van der Waals surface area (Å²) in [6, 6.07) is 4.03. The van der Waals surface area contributed by atoms with E-state index in [1.165, 1.54) is 0 Å². The fourth-order valence-electron chi connectivity index (χ4n) is 3.83. The van der Waals surface area contributed by atoms with Crippen LogP contribution in [0.1, 0.15) is 12.0 Å². The van der Waals surface area contributed by atoms with E-state index in [9.17, 15) is 4.79 Å². The van der Waals surface area contributed by atoms with Gasteiger partial charge in [-0.25, -0.2) is 9.97 Å². The van der Waals surface area contributed by atoms with Gasteiger partial charge in [-0.1, -0.05) is 0 Å². The third kappa shape index (κ3) is 3.44. The Bertz CT molecular complexity index is 808. The number of likely N-dealkylation sites (N-methyl/N-ethyl adjacent to an activating group) is 2. The van der Waals surface area contributed by atoms with Crippen molar-refractivity contribution in [2.45, 2.75) is 18.9 Å². The van der Waals surface area contributed by atoms with E-state index in [0.29, 0.717) is 5.92 Å². The first kappa shape index (κ1) is 18.4. The van der Waals surface area contributed by atoms with E-state index in [2.05, 4.69) is 26.3 Å². The summed E-state index contributed by atoms with van der Waals surface area (Å²) in [5, 5.41) is 4.10. The molecule has 3 rings (SSSR count). The van der Waals surface area contributed by atoms with Crippen LogP contribution in [0.15, 0.2) is 18.5 Å². The summed E-state index contributed by atoms with van der Waals surface area (Å²) in [6.07, 6.45) is 3.27. The molecule has 1 aromatic carbocycles. The van der Waals surface area contributed by atoms with Gasteiger partial charge in [0.1, 0.15) is 17.9 Å². The molecule has 1 aliphatic rings. The molecule has 2 heterocycles. The first-order valence-corrected chi connectivity index (χ1v) is 8.85. The Kier molecular flexibility index (Phi) is 5.27. The zero-order valence-corrected chi connectivity index (χ0v) is 16.1. The van der Waals surface area contributed by atoms with Gasteiger partial charge in [0.2, 0.25) is 5.91 Å². The predicted molar refractivity (Wildman–Crippen MR) is 103 cm³/mol. The Morgan fingerprint density at radius 1 is 1.38 bits per heavy atom. The van der Waals surface area contributed by atoms with Gasteiger partial charge in [0.25, 0.3) is 0 Å². The highest BCUT2D eigenvalue weighted by atomic mass is 16.5. The summed E-state index contributed by atoms with van der Waals surface area (Å²) >= 11 is 0. The lowest BCUT2D eigenvalue weighted by Gasteiger charge is -2.21. The summed E-state index contributed by atoms with van der Waals surface area (Å²) in [5.74, 6) is 2.22. The quantitative estimate of drug-likeness (QED) is 0.877. The monoisotopic (exact) mass is 357 g/mol. The van der Waals surface area contributed by atoms with Gasteiger partial charge >= 0.3 is 0 Å². The van der Waals surface area contributed by atoms with Crippen LogP contribution in [0.5, 0.6) is 5.75 Å². The lowest BCUT2D eigenvalue weighted by atomic mass is 9.95. The SMILES string of the molecule is CNc1ncnc2cc(OC)c(C[C@H]3C[C@H](C(=O)N(C)C)N(C)C3)cc12. The smallest absolute Gasteiger partial charge is 0.239 e. The second kappa shape index (κ2) is 7.45. The van der Waals surface area contributed by atoms with Gasteiger partial charge in [-0.3, -0.25) is 9.69 Å². The molecule has 1 aliphatic heterocycles. The molecular weight excluding hydrogens is 330 g/mol. The minimum absolute atomic E-state index is 0.0438. The third-order valence-corrected chi connectivity index (χ3v) is 5.14. The van der Waals surface area contributed by atoms with Crippen LogP contribution in [0.25, 0.3) is 10.9 Å². The Balaban J connectivity index is 1.87. The minimum atomic E-state index is -0.0438. The van der Waals surface area contributed by atoms with Crippen LogP contribution in [-0.4, -0.2) is 73.6 Å². The number of hydrogen-bond donors (Lipinski definition) is 1. The largest absolute Gasteiger partial charge is 0.496 e. The minimum Gasteiger partial charge on any atom is -0.496 e. The van der Waals surface area contributed by atoms with Gasteiger partial charge in [-0.15, -0.1) is 0 Å². The van der Waals surface area contributed by atoms with Gasteiger partial charge in [-0.05, 0) is 37.4 Å². The van der Waals surface area contributed by atoms with Crippen LogP contribution < -0.4 is 10.1 Å². The Hall–Kier alpha value is -2.41. The fraction of sp³-hybridized carbons (Fsp3) is 0.526. The number of nitrogens with zero attached hydrogens (tertiary/aromatic N) is 4. The molecule has 0 aliphatic carbocycles. The van der Waals surface area contributed by atoms with E-state index in [-0.39, 0.29) is 11.9 Å². The number of carbonyl (C=O) groups is 1. The van der Waals surface area contributed by atoms with Gasteiger partial charge in [-0.2, -0.15) is 0 Å².